The van der Waals surface area contributed by atoms with Gasteiger partial charge in [-0.2, -0.15) is 0 Å². The summed E-state index contributed by atoms with van der Waals surface area (Å²) in [6, 6.07) is 2.62. The Morgan fingerprint density at radius 3 is 2.92 bits per heavy atom. The Balaban J connectivity index is 1.56. The van der Waals surface area contributed by atoms with Gasteiger partial charge in [-0.3, -0.25) is 0 Å². The number of benzene rings is 1. The Hall–Kier alpha value is -2.61. The van der Waals surface area contributed by atoms with Gasteiger partial charge in [0.15, 0.2) is 6.79 Å². The van der Waals surface area contributed by atoms with Crippen LogP contribution in [0, 0.1) is 19.7 Å². The number of halogens is 1. The van der Waals surface area contributed by atoms with Crippen LogP contribution in [0.3, 0.4) is 0 Å². The van der Waals surface area contributed by atoms with Gasteiger partial charge in [0.05, 0.1) is 18.8 Å². The molecule has 0 unspecified atom stereocenters. The number of hydrogen-bond donors (Lipinski definition) is 1. The average Bonchev–Trinajstić information content (AvgIpc) is 2.93. The van der Waals surface area contributed by atoms with Crippen molar-refractivity contribution in [1.82, 2.24) is 15.4 Å². The van der Waals surface area contributed by atoms with E-state index in [1.165, 1.54) is 12.1 Å². The lowest BCUT2D eigenvalue weighted by atomic mass is 10.1. The van der Waals surface area contributed by atoms with Crippen LogP contribution in [0.2, 0.25) is 0 Å². The van der Waals surface area contributed by atoms with E-state index >= 15 is 0 Å². The van der Waals surface area contributed by atoms with Gasteiger partial charge < -0.3 is 24.2 Å². The molecule has 140 valence electrons. The molecule has 1 aliphatic rings. The second-order valence-electron chi connectivity index (χ2n) is 6.30. The summed E-state index contributed by atoms with van der Waals surface area (Å²) in [5.74, 6) is 1.01. The number of fused-ring (bicyclic) bond motifs is 1. The van der Waals surface area contributed by atoms with Crippen LogP contribution in [0.4, 0.5) is 9.18 Å². The molecule has 0 saturated carbocycles. The molecule has 1 aromatic carbocycles. The summed E-state index contributed by atoms with van der Waals surface area (Å²) >= 11 is 0. The number of urea groups is 1. The van der Waals surface area contributed by atoms with Gasteiger partial charge in [0.2, 0.25) is 0 Å². The zero-order valence-corrected chi connectivity index (χ0v) is 15.1. The molecular formula is C18H22FN3O4. The van der Waals surface area contributed by atoms with Gasteiger partial charge in [-0.05, 0) is 38.0 Å². The first-order valence-corrected chi connectivity index (χ1v) is 8.38. The molecule has 0 fully saturated rings. The summed E-state index contributed by atoms with van der Waals surface area (Å²) in [5, 5.41) is 6.72. The highest BCUT2D eigenvalue weighted by molar-refractivity contribution is 5.73. The molecule has 0 spiro atoms. The zero-order chi connectivity index (χ0) is 18.7. The molecule has 0 saturated heterocycles. The minimum Gasteiger partial charge on any atom is -0.467 e. The Bertz CT molecular complexity index is 786. The van der Waals surface area contributed by atoms with E-state index in [0.717, 1.165) is 16.8 Å². The fraction of sp³-hybridized carbons (Fsp3) is 0.444. The van der Waals surface area contributed by atoms with Crippen molar-refractivity contribution in [2.24, 2.45) is 0 Å². The van der Waals surface area contributed by atoms with Crippen LogP contribution in [-0.4, -0.2) is 36.5 Å². The topological polar surface area (TPSA) is 76.8 Å². The molecule has 3 rings (SSSR count). The molecule has 1 N–H and O–H groups in total. The number of aromatic nitrogens is 1. The molecule has 7 nitrogen and oxygen atoms in total. The van der Waals surface area contributed by atoms with Gasteiger partial charge in [-0.25, -0.2) is 9.18 Å². The van der Waals surface area contributed by atoms with E-state index in [4.69, 9.17) is 14.0 Å². The van der Waals surface area contributed by atoms with Crippen LogP contribution >= 0.6 is 0 Å². The van der Waals surface area contributed by atoms with Crippen molar-refractivity contribution >= 4 is 6.03 Å². The normalized spacial score (nSPS) is 13.1. The molecule has 1 aromatic heterocycles. The number of aryl methyl sites for hydroxylation is 2. The number of carbonyl (C=O) groups excluding carboxylic acids is 1. The largest absolute Gasteiger partial charge is 0.467 e. The van der Waals surface area contributed by atoms with Crippen molar-refractivity contribution in [3.05, 3.63) is 46.1 Å². The standard InChI is InChI=1S/C18H22FN3O4/c1-11-16(12(2)26-21-11)8-22(3)18(23)20-5-4-13-6-15(19)7-14-9-24-10-25-17(13)14/h6-7H,4-5,8-10H2,1-3H3,(H,20,23). The Morgan fingerprint density at radius 2 is 2.19 bits per heavy atom. The highest BCUT2D eigenvalue weighted by Crippen LogP contribution is 2.29. The SMILES string of the molecule is Cc1noc(C)c1CN(C)C(=O)NCCc1cc(F)cc2c1OCOC2. The molecule has 0 atom stereocenters. The lowest BCUT2D eigenvalue weighted by molar-refractivity contribution is -0.0172. The summed E-state index contributed by atoms with van der Waals surface area (Å²) in [7, 11) is 1.70. The maximum absolute atomic E-state index is 13.7. The Labute approximate surface area is 151 Å². The summed E-state index contributed by atoms with van der Waals surface area (Å²) in [5.41, 5.74) is 3.08. The predicted molar refractivity (Wildman–Crippen MR) is 91.2 cm³/mol. The number of carbonyl (C=O) groups is 1. The molecule has 0 aliphatic carbocycles. The van der Waals surface area contributed by atoms with Crippen molar-refractivity contribution in [2.45, 2.75) is 33.4 Å². The fourth-order valence-electron chi connectivity index (χ4n) is 2.92. The summed E-state index contributed by atoms with van der Waals surface area (Å²) < 4.78 is 29.5. The van der Waals surface area contributed by atoms with E-state index in [0.29, 0.717) is 43.2 Å². The number of nitrogens with zero attached hydrogens (tertiary/aromatic N) is 2. The van der Waals surface area contributed by atoms with E-state index in [-0.39, 0.29) is 18.6 Å². The third-order valence-electron chi connectivity index (χ3n) is 4.35. The lowest BCUT2D eigenvalue weighted by Gasteiger charge is -2.21. The molecule has 0 radical (unpaired) electrons. The summed E-state index contributed by atoms with van der Waals surface area (Å²) in [6.07, 6.45) is 0.463. The van der Waals surface area contributed by atoms with Crippen LogP contribution in [0.5, 0.6) is 5.75 Å². The predicted octanol–water partition coefficient (Wildman–Crippen LogP) is 2.68. The second-order valence-corrected chi connectivity index (χ2v) is 6.30. The second kappa shape index (κ2) is 7.74. The maximum atomic E-state index is 13.7. The minimum atomic E-state index is -0.338. The van der Waals surface area contributed by atoms with Crippen molar-refractivity contribution in [1.29, 1.82) is 0 Å². The maximum Gasteiger partial charge on any atom is 0.317 e. The van der Waals surface area contributed by atoms with E-state index in [2.05, 4.69) is 10.5 Å². The third-order valence-corrected chi connectivity index (χ3v) is 4.35. The number of hydrogen-bond acceptors (Lipinski definition) is 5. The van der Waals surface area contributed by atoms with Gasteiger partial charge in [0.1, 0.15) is 17.3 Å². The van der Waals surface area contributed by atoms with E-state index in [9.17, 15) is 9.18 Å². The van der Waals surface area contributed by atoms with Gasteiger partial charge >= 0.3 is 6.03 Å². The van der Waals surface area contributed by atoms with E-state index in [1.54, 1.807) is 11.9 Å². The first kappa shape index (κ1) is 18.2. The molecule has 1 aliphatic heterocycles. The van der Waals surface area contributed by atoms with Gasteiger partial charge in [0, 0.05) is 24.7 Å². The Kier molecular flexibility index (Phi) is 5.41. The summed E-state index contributed by atoms with van der Waals surface area (Å²) in [4.78, 5) is 13.8. The first-order valence-electron chi connectivity index (χ1n) is 8.38. The smallest absolute Gasteiger partial charge is 0.317 e. The third kappa shape index (κ3) is 3.96. The monoisotopic (exact) mass is 363 g/mol. The van der Waals surface area contributed by atoms with Crippen LogP contribution in [-0.2, 0) is 24.3 Å². The van der Waals surface area contributed by atoms with Crippen LogP contribution in [0.25, 0.3) is 0 Å². The van der Waals surface area contributed by atoms with Crippen molar-refractivity contribution in [3.63, 3.8) is 0 Å². The highest BCUT2D eigenvalue weighted by atomic mass is 19.1. The molecular weight excluding hydrogens is 341 g/mol. The molecule has 2 amide bonds. The van der Waals surface area contributed by atoms with Crippen LogP contribution in [0.15, 0.2) is 16.7 Å². The van der Waals surface area contributed by atoms with Crippen molar-refractivity contribution in [3.8, 4) is 5.75 Å². The molecule has 2 heterocycles. The molecule has 0 bridgehead atoms. The summed E-state index contributed by atoms with van der Waals surface area (Å²) in [6.45, 7) is 4.91. The molecule has 26 heavy (non-hydrogen) atoms. The lowest BCUT2D eigenvalue weighted by Crippen LogP contribution is -2.38. The van der Waals surface area contributed by atoms with E-state index in [1.807, 2.05) is 13.8 Å². The fourth-order valence-corrected chi connectivity index (χ4v) is 2.92. The minimum absolute atomic E-state index is 0.151. The number of rotatable bonds is 5. The van der Waals surface area contributed by atoms with Crippen molar-refractivity contribution < 1.29 is 23.2 Å². The molecule has 8 heteroatoms. The Morgan fingerprint density at radius 1 is 1.38 bits per heavy atom. The van der Waals surface area contributed by atoms with E-state index < -0.39 is 0 Å². The highest BCUT2D eigenvalue weighted by Gasteiger charge is 2.18. The van der Waals surface area contributed by atoms with Gasteiger partial charge in [-0.1, -0.05) is 5.16 Å². The van der Waals surface area contributed by atoms with Crippen LogP contribution in [0.1, 0.15) is 28.1 Å². The van der Waals surface area contributed by atoms with Crippen LogP contribution < -0.4 is 10.1 Å². The van der Waals surface area contributed by atoms with Gasteiger partial charge in [0.25, 0.3) is 0 Å². The zero-order valence-electron chi connectivity index (χ0n) is 15.1. The van der Waals surface area contributed by atoms with Gasteiger partial charge in [-0.15, -0.1) is 0 Å². The molecule has 2 aromatic rings. The number of nitrogens with one attached hydrogen (secondary N) is 1. The number of amides is 2. The average molecular weight is 363 g/mol. The number of ether oxygens (including phenoxy) is 2. The van der Waals surface area contributed by atoms with Crippen molar-refractivity contribution in [2.75, 3.05) is 20.4 Å². The first-order chi connectivity index (χ1) is 12.5. The quantitative estimate of drug-likeness (QED) is 0.884.